The first-order chi connectivity index (χ1) is 12.2. The van der Waals surface area contributed by atoms with E-state index in [1.165, 1.54) is 36.1 Å². The number of methoxy groups -OCH3 is 2. The van der Waals surface area contributed by atoms with Crippen molar-refractivity contribution in [1.29, 1.82) is 0 Å². The Labute approximate surface area is 158 Å². The van der Waals surface area contributed by atoms with Crippen LogP contribution in [0.5, 0.6) is 11.5 Å². The van der Waals surface area contributed by atoms with E-state index in [1.807, 2.05) is 38.6 Å². The molecule has 1 atom stereocenters. The largest absolute Gasteiger partial charge is 0.493 e. The summed E-state index contributed by atoms with van der Waals surface area (Å²) in [6, 6.07) is 4.07. The highest BCUT2D eigenvalue weighted by atomic mass is 33.1. The second kappa shape index (κ2) is 9.08. The van der Waals surface area contributed by atoms with E-state index >= 15 is 0 Å². The van der Waals surface area contributed by atoms with E-state index in [4.69, 9.17) is 9.47 Å². The van der Waals surface area contributed by atoms with Crippen molar-refractivity contribution in [2.45, 2.75) is 50.3 Å². The van der Waals surface area contributed by atoms with Crippen molar-refractivity contribution in [3.05, 3.63) is 23.3 Å². The van der Waals surface area contributed by atoms with E-state index in [1.54, 1.807) is 14.2 Å². The van der Waals surface area contributed by atoms with Gasteiger partial charge in [-0.15, -0.1) is 0 Å². The monoisotopic (exact) mass is 381 g/mol. The summed E-state index contributed by atoms with van der Waals surface area (Å²) in [5.41, 5.74) is 2.44. The molecule has 25 heavy (non-hydrogen) atoms. The number of amides is 1. The van der Waals surface area contributed by atoms with Gasteiger partial charge in [0.2, 0.25) is 5.91 Å². The van der Waals surface area contributed by atoms with Crippen LogP contribution < -0.4 is 9.47 Å². The molecule has 6 heteroatoms. The van der Waals surface area contributed by atoms with Gasteiger partial charge in [0.1, 0.15) is 0 Å². The molecule has 0 N–H and O–H groups in total. The number of ether oxygens (including phenoxy) is 2. The molecule has 1 aromatic rings. The SMILES string of the molecule is COc1cc2c(cc1OC)CN(C(=O)CCCCC1CCSS1)CC2. The molecule has 1 saturated heterocycles. The first kappa shape index (κ1) is 18.8. The molecule has 0 aliphatic carbocycles. The number of hydrogen-bond donors (Lipinski definition) is 0. The first-order valence-electron chi connectivity index (χ1n) is 9.01. The Balaban J connectivity index is 1.50. The van der Waals surface area contributed by atoms with E-state index in [2.05, 4.69) is 0 Å². The van der Waals surface area contributed by atoms with E-state index in [0.717, 1.165) is 36.1 Å². The molecular formula is C19H27NO3S2. The maximum absolute atomic E-state index is 12.5. The second-order valence-electron chi connectivity index (χ2n) is 6.62. The summed E-state index contributed by atoms with van der Waals surface area (Å²) in [6.45, 7) is 1.49. The van der Waals surface area contributed by atoms with Gasteiger partial charge in [0.25, 0.3) is 0 Å². The minimum absolute atomic E-state index is 0.286. The molecule has 0 aromatic heterocycles. The van der Waals surface area contributed by atoms with Crippen LogP contribution in [0.1, 0.15) is 43.2 Å². The summed E-state index contributed by atoms with van der Waals surface area (Å²) in [6.07, 6.45) is 6.32. The Morgan fingerprint density at radius 2 is 1.96 bits per heavy atom. The van der Waals surface area contributed by atoms with Gasteiger partial charge in [0, 0.05) is 30.5 Å². The Morgan fingerprint density at radius 1 is 1.20 bits per heavy atom. The third kappa shape index (κ3) is 4.79. The number of unbranched alkanes of at least 4 members (excludes halogenated alkanes) is 1. The van der Waals surface area contributed by atoms with Crippen molar-refractivity contribution >= 4 is 27.5 Å². The number of carbonyl (C=O) groups excluding carboxylic acids is 1. The van der Waals surface area contributed by atoms with Crippen LogP contribution in [0.25, 0.3) is 0 Å². The number of carbonyl (C=O) groups is 1. The molecule has 2 heterocycles. The predicted octanol–water partition coefficient (Wildman–Crippen LogP) is 4.30. The number of nitrogens with zero attached hydrogens (tertiary/aromatic N) is 1. The summed E-state index contributed by atoms with van der Waals surface area (Å²) >= 11 is 0. The Morgan fingerprint density at radius 3 is 2.64 bits per heavy atom. The number of benzene rings is 1. The molecule has 4 nitrogen and oxygen atoms in total. The quantitative estimate of drug-likeness (QED) is 0.520. The topological polar surface area (TPSA) is 38.8 Å². The van der Waals surface area contributed by atoms with Crippen LogP contribution in [-0.4, -0.2) is 42.6 Å². The van der Waals surface area contributed by atoms with Gasteiger partial charge >= 0.3 is 0 Å². The zero-order chi connectivity index (χ0) is 17.6. The molecular weight excluding hydrogens is 354 g/mol. The molecule has 0 spiro atoms. The van der Waals surface area contributed by atoms with Crippen molar-refractivity contribution in [1.82, 2.24) is 4.90 Å². The minimum Gasteiger partial charge on any atom is -0.493 e. The highest BCUT2D eigenvalue weighted by Crippen LogP contribution is 2.40. The van der Waals surface area contributed by atoms with Gasteiger partial charge in [-0.25, -0.2) is 0 Å². The molecule has 0 bridgehead atoms. The fraction of sp³-hybridized carbons (Fsp3) is 0.632. The van der Waals surface area contributed by atoms with Crippen LogP contribution in [0.2, 0.25) is 0 Å². The Hall–Kier alpha value is -1.01. The van der Waals surface area contributed by atoms with Gasteiger partial charge in [0.15, 0.2) is 11.5 Å². The van der Waals surface area contributed by atoms with Gasteiger partial charge in [0.05, 0.1) is 14.2 Å². The molecule has 2 aliphatic rings. The lowest BCUT2D eigenvalue weighted by Crippen LogP contribution is -2.35. The molecule has 1 unspecified atom stereocenters. The molecule has 3 rings (SSSR count). The standard InChI is InChI=1S/C19H27NO3S2/c1-22-17-11-14-7-9-20(13-15(14)12-18(17)23-2)19(21)6-4-3-5-16-8-10-24-25-16/h11-12,16H,3-10,13H2,1-2H3. The van der Waals surface area contributed by atoms with Crippen LogP contribution in [-0.2, 0) is 17.8 Å². The van der Waals surface area contributed by atoms with E-state index in [0.29, 0.717) is 13.0 Å². The number of rotatable bonds is 7. The highest BCUT2D eigenvalue weighted by Gasteiger charge is 2.23. The Kier molecular flexibility index (Phi) is 6.82. The fourth-order valence-corrected chi connectivity index (χ4v) is 6.49. The van der Waals surface area contributed by atoms with Crippen molar-refractivity contribution in [3.63, 3.8) is 0 Å². The van der Waals surface area contributed by atoms with E-state index < -0.39 is 0 Å². The van der Waals surface area contributed by atoms with Gasteiger partial charge in [-0.1, -0.05) is 28.0 Å². The average molecular weight is 382 g/mol. The molecule has 1 aromatic carbocycles. The number of hydrogen-bond acceptors (Lipinski definition) is 5. The predicted molar refractivity (Wildman–Crippen MR) is 106 cm³/mol. The first-order valence-corrected chi connectivity index (χ1v) is 11.4. The lowest BCUT2D eigenvalue weighted by molar-refractivity contribution is -0.132. The molecule has 2 aliphatic heterocycles. The van der Waals surface area contributed by atoms with E-state index in [-0.39, 0.29) is 5.91 Å². The summed E-state index contributed by atoms with van der Waals surface area (Å²) in [4.78, 5) is 14.5. The molecule has 0 radical (unpaired) electrons. The van der Waals surface area contributed by atoms with Crippen molar-refractivity contribution < 1.29 is 14.3 Å². The zero-order valence-corrected chi connectivity index (χ0v) is 16.7. The second-order valence-corrected chi connectivity index (χ2v) is 9.40. The third-order valence-electron chi connectivity index (χ3n) is 4.96. The normalized spacial score (nSPS) is 19.6. The van der Waals surface area contributed by atoms with Gasteiger partial charge in [-0.3, -0.25) is 4.79 Å². The maximum Gasteiger partial charge on any atom is 0.222 e. The van der Waals surface area contributed by atoms with Crippen molar-refractivity contribution in [2.75, 3.05) is 26.5 Å². The van der Waals surface area contributed by atoms with Crippen LogP contribution in [0.15, 0.2) is 12.1 Å². The lowest BCUT2D eigenvalue weighted by atomic mass is 9.98. The molecule has 1 fully saturated rings. The van der Waals surface area contributed by atoms with Crippen LogP contribution in [0, 0.1) is 0 Å². The zero-order valence-electron chi connectivity index (χ0n) is 15.1. The summed E-state index contributed by atoms with van der Waals surface area (Å²) in [7, 11) is 7.33. The van der Waals surface area contributed by atoms with Crippen molar-refractivity contribution in [3.8, 4) is 11.5 Å². The number of fused-ring (bicyclic) bond motifs is 1. The average Bonchev–Trinajstić information content (AvgIpc) is 3.16. The van der Waals surface area contributed by atoms with Gasteiger partial charge in [-0.05, 0) is 48.9 Å². The molecule has 0 saturated carbocycles. The molecule has 1 amide bonds. The lowest BCUT2D eigenvalue weighted by Gasteiger charge is -2.29. The third-order valence-corrected chi connectivity index (χ3v) is 7.97. The van der Waals surface area contributed by atoms with Crippen molar-refractivity contribution in [2.24, 2.45) is 0 Å². The summed E-state index contributed by atoms with van der Waals surface area (Å²) in [5.74, 6) is 3.08. The summed E-state index contributed by atoms with van der Waals surface area (Å²) < 4.78 is 10.8. The Bertz CT molecular complexity index is 603. The fourth-order valence-electron chi connectivity index (χ4n) is 3.47. The molecule has 138 valence electrons. The summed E-state index contributed by atoms with van der Waals surface area (Å²) in [5, 5.41) is 0.810. The van der Waals surface area contributed by atoms with Gasteiger partial charge < -0.3 is 14.4 Å². The van der Waals surface area contributed by atoms with Crippen LogP contribution >= 0.6 is 21.6 Å². The van der Waals surface area contributed by atoms with Gasteiger partial charge in [-0.2, -0.15) is 0 Å². The van der Waals surface area contributed by atoms with Crippen LogP contribution in [0.3, 0.4) is 0 Å². The minimum atomic E-state index is 0.286. The van der Waals surface area contributed by atoms with E-state index in [9.17, 15) is 4.79 Å². The highest BCUT2D eigenvalue weighted by molar-refractivity contribution is 8.77. The maximum atomic E-state index is 12.5. The smallest absolute Gasteiger partial charge is 0.222 e. The van der Waals surface area contributed by atoms with Crippen LogP contribution in [0.4, 0.5) is 0 Å².